The van der Waals surface area contributed by atoms with Crippen LogP contribution in [0.1, 0.15) is 16.9 Å². The summed E-state index contributed by atoms with van der Waals surface area (Å²) in [6.07, 6.45) is 0.799. The Labute approximate surface area is 90.6 Å². The fourth-order valence-electron chi connectivity index (χ4n) is 2.20. The zero-order valence-electron chi connectivity index (χ0n) is 7.93. The summed E-state index contributed by atoms with van der Waals surface area (Å²) in [5, 5.41) is 15.8. The third kappa shape index (κ3) is 1.23. The van der Waals surface area contributed by atoms with E-state index in [4.69, 9.17) is 0 Å². The molecule has 2 heterocycles. The lowest BCUT2D eigenvalue weighted by molar-refractivity contribution is -0.131. The van der Waals surface area contributed by atoms with Crippen molar-refractivity contribution >= 4 is 23.0 Å². The lowest BCUT2D eigenvalue weighted by Crippen LogP contribution is -2.47. The van der Waals surface area contributed by atoms with Crippen LogP contribution in [0.25, 0.3) is 0 Å². The van der Waals surface area contributed by atoms with Gasteiger partial charge in [-0.05, 0) is 24.3 Å². The number of carbonyl (C=O) groups is 1. The molecule has 2 atom stereocenters. The van der Waals surface area contributed by atoms with Crippen molar-refractivity contribution in [3.63, 3.8) is 0 Å². The van der Waals surface area contributed by atoms with Crippen molar-refractivity contribution in [2.75, 3.05) is 0 Å². The smallest absolute Gasteiger partial charge is 0.269 e. The number of fused-ring (bicyclic) bond motifs is 3. The van der Waals surface area contributed by atoms with E-state index in [0.717, 1.165) is 24.1 Å². The van der Waals surface area contributed by atoms with E-state index in [-0.39, 0.29) is 11.8 Å². The number of nitrogens with zero attached hydrogens (tertiary/aromatic N) is 1. The summed E-state index contributed by atoms with van der Waals surface area (Å²) < 4.78 is 0. The fourth-order valence-corrected chi connectivity index (χ4v) is 3.10. The van der Waals surface area contributed by atoms with E-state index in [2.05, 4.69) is 10.5 Å². The summed E-state index contributed by atoms with van der Waals surface area (Å²) in [7, 11) is 0. The average Bonchev–Trinajstić information content (AvgIpc) is 2.71. The maximum atomic E-state index is 11.2. The van der Waals surface area contributed by atoms with Crippen LogP contribution in [0, 0.1) is 5.92 Å². The Kier molecular flexibility index (Phi) is 1.90. The number of aryl methyl sites for hydroxylation is 1. The van der Waals surface area contributed by atoms with E-state index in [0.29, 0.717) is 0 Å². The zero-order chi connectivity index (χ0) is 10.4. The molecule has 1 aromatic heterocycles. The molecule has 4 nitrogen and oxygen atoms in total. The highest BCUT2D eigenvalue weighted by Crippen LogP contribution is 2.32. The Bertz CT molecular complexity index is 452. The minimum atomic E-state index is -0.939. The first kappa shape index (κ1) is 9.06. The maximum Gasteiger partial charge on any atom is 0.269 e. The number of amides is 1. The number of hydrazone groups is 1. The highest BCUT2D eigenvalue weighted by atomic mass is 32.1. The molecule has 2 N–H and O–H groups in total. The van der Waals surface area contributed by atoms with Gasteiger partial charge < -0.3 is 5.11 Å². The van der Waals surface area contributed by atoms with Crippen molar-refractivity contribution in [1.82, 2.24) is 5.43 Å². The summed E-state index contributed by atoms with van der Waals surface area (Å²) in [5.41, 5.74) is 4.30. The molecule has 0 fully saturated rings. The number of hydrogen-bond acceptors (Lipinski definition) is 4. The van der Waals surface area contributed by atoms with Crippen LogP contribution in [0.15, 0.2) is 16.5 Å². The van der Waals surface area contributed by atoms with Crippen molar-refractivity contribution < 1.29 is 9.90 Å². The Morgan fingerprint density at radius 3 is 3.33 bits per heavy atom. The molecule has 1 aliphatic heterocycles. The van der Waals surface area contributed by atoms with Gasteiger partial charge in [0.1, 0.15) is 6.10 Å². The number of hydrogen-bond donors (Lipinski definition) is 2. The first-order chi connectivity index (χ1) is 7.27. The SMILES string of the molecule is O=C1NN=C2c3ccsc3CCC2C1O. The molecule has 0 radical (unpaired) electrons. The van der Waals surface area contributed by atoms with E-state index in [1.165, 1.54) is 4.88 Å². The van der Waals surface area contributed by atoms with Crippen molar-refractivity contribution in [3.05, 3.63) is 21.9 Å². The third-order valence-electron chi connectivity index (χ3n) is 2.99. The second-order valence-corrected chi connectivity index (χ2v) is 4.82. The number of thiophene rings is 1. The zero-order valence-corrected chi connectivity index (χ0v) is 8.75. The van der Waals surface area contributed by atoms with Gasteiger partial charge in [-0.1, -0.05) is 0 Å². The Hall–Kier alpha value is -1.20. The summed E-state index contributed by atoms with van der Waals surface area (Å²) in [5.74, 6) is -0.511. The summed E-state index contributed by atoms with van der Waals surface area (Å²) in [4.78, 5) is 12.5. The first-order valence-electron chi connectivity index (χ1n) is 4.89. The van der Waals surface area contributed by atoms with Crippen LogP contribution in [0.4, 0.5) is 0 Å². The quantitative estimate of drug-likeness (QED) is 0.671. The number of rotatable bonds is 0. The molecule has 2 unspecified atom stereocenters. The number of carbonyl (C=O) groups excluding carboxylic acids is 1. The van der Waals surface area contributed by atoms with Crippen molar-refractivity contribution in [2.24, 2.45) is 11.0 Å². The molecule has 2 aliphatic rings. The minimum Gasteiger partial charge on any atom is -0.382 e. The molecule has 1 amide bonds. The van der Waals surface area contributed by atoms with Gasteiger partial charge in [0.05, 0.1) is 5.71 Å². The average molecular weight is 222 g/mol. The molecule has 78 valence electrons. The Morgan fingerprint density at radius 2 is 2.47 bits per heavy atom. The number of aliphatic hydroxyl groups is 1. The van der Waals surface area contributed by atoms with E-state index in [1.807, 2.05) is 11.4 Å². The topological polar surface area (TPSA) is 61.7 Å². The number of nitrogens with one attached hydrogen (secondary N) is 1. The molecule has 1 aliphatic carbocycles. The van der Waals surface area contributed by atoms with E-state index in [1.54, 1.807) is 11.3 Å². The van der Waals surface area contributed by atoms with Gasteiger partial charge >= 0.3 is 0 Å². The Balaban J connectivity index is 2.09. The predicted molar refractivity (Wildman–Crippen MR) is 56.8 cm³/mol. The predicted octanol–water partition coefficient (Wildman–Crippen LogP) is 0.505. The third-order valence-corrected chi connectivity index (χ3v) is 3.97. The van der Waals surface area contributed by atoms with Crippen LogP contribution in [0.2, 0.25) is 0 Å². The van der Waals surface area contributed by atoms with Gasteiger partial charge in [0, 0.05) is 16.4 Å². The maximum absolute atomic E-state index is 11.2. The van der Waals surface area contributed by atoms with Gasteiger partial charge in [-0.15, -0.1) is 11.3 Å². The van der Waals surface area contributed by atoms with E-state index in [9.17, 15) is 9.90 Å². The highest BCUT2D eigenvalue weighted by molar-refractivity contribution is 7.10. The van der Waals surface area contributed by atoms with Crippen LogP contribution in [-0.2, 0) is 11.2 Å². The molecular formula is C10H10N2O2S. The minimum absolute atomic E-state index is 0.124. The molecule has 5 heteroatoms. The summed E-state index contributed by atoms with van der Waals surface area (Å²) in [6, 6.07) is 2.01. The van der Waals surface area contributed by atoms with E-state index >= 15 is 0 Å². The second-order valence-electron chi connectivity index (χ2n) is 3.82. The van der Waals surface area contributed by atoms with E-state index < -0.39 is 6.10 Å². The lowest BCUT2D eigenvalue weighted by Gasteiger charge is -2.30. The van der Waals surface area contributed by atoms with Gasteiger partial charge in [0.2, 0.25) is 0 Å². The molecule has 0 aromatic carbocycles. The molecule has 15 heavy (non-hydrogen) atoms. The molecule has 3 rings (SSSR count). The van der Waals surface area contributed by atoms with Gasteiger partial charge in [0.15, 0.2) is 0 Å². The van der Waals surface area contributed by atoms with Gasteiger partial charge in [-0.2, -0.15) is 5.10 Å². The normalized spacial score (nSPS) is 28.9. The lowest BCUT2D eigenvalue weighted by atomic mass is 9.82. The van der Waals surface area contributed by atoms with Gasteiger partial charge in [-0.3, -0.25) is 4.79 Å². The van der Waals surface area contributed by atoms with Crippen LogP contribution in [0.5, 0.6) is 0 Å². The molecular weight excluding hydrogens is 212 g/mol. The second kappa shape index (κ2) is 3.15. The van der Waals surface area contributed by atoms with Crippen LogP contribution in [-0.4, -0.2) is 22.8 Å². The van der Waals surface area contributed by atoms with Crippen LogP contribution >= 0.6 is 11.3 Å². The molecule has 0 saturated carbocycles. The van der Waals surface area contributed by atoms with Crippen molar-refractivity contribution in [1.29, 1.82) is 0 Å². The van der Waals surface area contributed by atoms with Crippen LogP contribution in [0.3, 0.4) is 0 Å². The molecule has 0 saturated heterocycles. The monoisotopic (exact) mass is 222 g/mol. The summed E-state index contributed by atoms with van der Waals surface area (Å²) >= 11 is 1.71. The summed E-state index contributed by atoms with van der Waals surface area (Å²) in [6.45, 7) is 0. The Morgan fingerprint density at radius 1 is 1.60 bits per heavy atom. The highest BCUT2D eigenvalue weighted by Gasteiger charge is 2.38. The molecule has 0 spiro atoms. The van der Waals surface area contributed by atoms with Crippen molar-refractivity contribution in [2.45, 2.75) is 18.9 Å². The molecule has 0 bridgehead atoms. The van der Waals surface area contributed by atoms with Crippen molar-refractivity contribution in [3.8, 4) is 0 Å². The van der Waals surface area contributed by atoms with Gasteiger partial charge in [-0.25, -0.2) is 5.43 Å². The fraction of sp³-hybridized carbons (Fsp3) is 0.400. The first-order valence-corrected chi connectivity index (χ1v) is 5.77. The van der Waals surface area contributed by atoms with Crippen LogP contribution < -0.4 is 5.43 Å². The standard InChI is InChI=1S/C10H10N2O2S/c13-9-6-1-2-7-5(3-4-15-7)8(6)11-12-10(9)14/h3-4,6,9,13H,1-2H2,(H,12,14). The molecule has 1 aromatic rings. The van der Waals surface area contributed by atoms with Gasteiger partial charge in [0.25, 0.3) is 5.91 Å². The largest absolute Gasteiger partial charge is 0.382 e. The number of aliphatic hydroxyl groups excluding tert-OH is 1.